The third-order valence-corrected chi connectivity index (χ3v) is 2.43. The molecule has 0 saturated heterocycles. The van der Waals surface area contributed by atoms with Crippen LogP contribution in [0, 0.1) is 0 Å². The molecule has 0 saturated carbocycles. The number of nitrogens with one attached hydrogen (secondary N) is 1. The predicted molar refractivity (Wildman–Crippen MR) is 56.9 cm³/mol. The summed E-state index contributed by atoms with van der Waals surface area (Å²) in [5.41, 5.74) is 1.26. The molecule has 0 fully saturated rings. The maximum Gasteiger partial charge on any atom is 0.0553 e. The van der Waals surface area contributed by atoms with Gasteiger partial charge in [0.25, 0.3) is 0 Å². The van der Waals surface area contributed by atoms with Crippen molar-refractivity contribution in [2.24, 2.45) is 0 Å². The van der Waals surface area contributed by atoms with Crippen LogP contribution in [-0.2, 0) is 4.74 Å². The summed E-state index contributed by atoms with van der Waals surface area (Å²) in [5.74, 6) is 2.10. The molecule has 0 unspecified atom stereocenters. The van der Waals surface area contributed by atoms with Crippen LogP contribution in [0.3, 0.4) is 0 Å². The van der Waals surface area contributed by atoms with Gasteiger partial charge in [0.05, 0.1) is 6.61 Å². The lowest BCUT2D eigenvalue weighted by molar-refractivity contribution is 0.218. The van der Waals surface area contributed by atoms with Crippen LogP contribution in [0.2, 0.25) is 0 Å². The lowest BCUT2D eigenvalue weighted by Crippen LogP contribution is -2.16. The van der Waals surface area contributed by atoms with Crippen molar-refractivity contribution in [1.82, 2.24) is 5.32 Å². The number of likely N-dealkylation sites (N-methyl/N-ethyl adjacent to an activating group) is 1. The highest BCUT2D eigenvalue weighted by Crippen LogP contribution is 2.04. The number of ether oxygens (including phenoxy) is 1. The van der Waals surface area contributed by atoms with Crippen molar-refractivity contribution in [1.29, 1.82) is 0 Å². The summed E-state index contributed by atoms with van der Waals surface area (Å²) < 4.78 is 4.94. The number of hydrogen-bond donors (Lipinski definition) is 1. The first-order valence-corrected chi connectivity index (χ1v) is 5.40. The van der Waals surface area contributed by atoms with Crippen molar-refractivity contribution in [2.45, 2.75) is 6.92 Å². The van der Waals surface area contributed by atoms with E-state index in [1.165, 1.54) is 5.57 Å². The molecule has 0 atom stereocenters. The van der Waals surface area contributed by atoms with Crippen LogP contribution in [0.4, 0.5) is 0 Å². The monoisotopic (exact) mass is 189 g/mol. The summed E-state index contributed by atoms with van der Waals surface area (Å²) in [7, 11) is 1.73. The highest BCUT2D eigenvalue weighted by molar-refractivity contribution is 7.99. The second-order valence-electron chi connectivity index (χ2n) is 2.58. The van der Waals surface area contributed by atoms with Crippen molar-refractivity contribution in [3.8, 4) is 0 Å². The minimum Gasteiger partial charge on any atom is -0.384 e. The summed E-state index contributed by atoms with van der Waals surface area (Å²) in [4.78, 5) is 0. The van der Waals surface area contributed by atoms with Crippen LogP contribution < -0.4 is 5.32 Å². The molecule has 0 aromatic carbocycles. The molecule has 0 spiro atoms. The van der Waals surface area contributed by atoms with E-state index in [1.54, 1.807) is 7.11 Å². The van der Waals surface area contributed by atoms with Gasteiger partial charge in [-0.05, 0) is 6.54 Å². The van der Waals surface area contributed by atoms with Crippen molar-refractivity contribution >= 4 is 11.8 Å². The van der Waals surface area contributed by atoms with Gasteiger partial charge in [-0.1, -0.05) is 19.1 Å². The first-order chi connectivity index (χ1) is 5.81. The van der Waals surface area contributed by atoms with Gasteiger partial charge in [-0.25, -0.2) is 0 Å². The molecule has 0 bridgehead atoms. The Hall–Kier alpha value is 0.01000. The zero-order valence-corrected chi connectivity index (χ0v) is 8.88. The average Bonchev–Trinajstić information content (AvgIpc) is 2.09. The Bertz CT molecular complexity index is 117. The van der Waals surface area contributed by atoms with E-state index in [-0.39, 0.29) is 0 Å². The fraction of sp³-hybridized carbons (Fsp3) is 0.778. The zero-order valence-electron chi connectivity index (χ0n) is 8.06. The standard InChI is InChI=1S/C9H19NOS/c1-4-10-7-9(2)8-12-6-5-11-3/h10H,2,4-8H2,1,3H3. The van der Waals surface area contributed by atoms with Crippen molar-refractivity contribution < 1.29 is 4.74 Å². The Balaban J connectivity index is 3.08. The van der Waals surface area contributed by atoms with Gasteiger partial charge in [0.15, 0.2) is 0 Å². The molecule has 1 N–H and O–H groups in total. The van der Waals surface area contributed by atoms with Gasteiger partial charge in [-0.2, -0.15) is 11.8 Å². The highest BCUT2D eigenvalue weighted by atomic mass is 32.2. The Morgan fingerprint density at radius 3 is 2.92 bits per heavy atom. The quantitative estimate of drug-likeness (QED) is 0.462. The summed E-state index contributed by atoms with van der Waals surface area (Å²) in [6.07, 6.45) is 0. The molecular weight excluding hydrogens is 170 g/mol. The van der Waals surface area contributed by atoms with Crippen LogP contribution >= 0.6 is 11.8 Å². The molecule has 0 aliphatic heterocycles. The van der Waals surface area contributed by atoms with E-state index >= 15 is 0 Å². The molecule has 0 aromatic rings. The Morgan fingerprint density at radius 1 is 1.58 bits per heavy atom. The summed E-state index contributed by atoms with van der Waals surface area (Å²) in [5, 5.41) is 3.24. The lowest BCUT2D eigenvalue weighted by Gasteiger charge is -2.05. The maximum absolute atomic E-state index is 4.94. The van der Waals surface area contributed by atoms with Crippen LogP contribution in [0.1, 0.15) is 6.92 Å². The van der Waals surface area contributed by atoms with Gasteiger partial charge in [-0.15, -0.1) is 0 Å². The summed E-state index contributed by atoms with van der Waals surface area (Å²) in [6, 6.07) is 0. The van der Waals surface area contributed by atoms with E-state index in [2.05, 4.69) is 18.8 Å². The SMILES string of the molecule is C=C(CNCC)CSCCOC. The van der Waals surface area contributed by atoms with Gasteiger partial charge in [0, 0.05) is 25.2 Å². The molecule has 0 aliphatic rings. The minimum atomic E-state index is 0.832. The van der Waals surface area contributed by atoms with E-state index in [0.29, 0.717) is 0 Å². The zero-order chi connectivity index (χ0) is 9.23. The maximum atomic E-state index is 4.94. The van der Waals surface area contributed by atoms with Crippen molar-refractivity contribution in [3.05, 3.63) is 12.2 Å². The van der Waals surface area contributed by atoms with E-state index in [9.17, 15) is 0 Å². The smallest absolute Gasteiger partial charge is 0.0553 e. The molecule has 3 heteroatoms. The van der Waals surface area contributed by atoms with Crippen molar-refractivity contribution in [3.63, 3.8) is 0 Å². The minimum absolute atomic E-state index is 0.832. The van der Waals surface area contributed by atoms with E-state index in [0.717, 1.165) is 31.2 Å². The van der Waals surface area contributed by atoms with Crippen LogP contribution in [0.5, 0.6) is 0 Å². The lowest BCUT2D eigenvalue weighted by atomic mass is 10.3. The Morgan fingerprint density at radius 2 is 2.33 bits per heavy atom. The van der Waals surface area contributed by atoms with Crippen LogP contribution in [-0.4, -0.2) is 38.3 Å². The van der Waals surface area contributed by atoms with Gasteiger partial charge >= 0.3 is 0 Å². The number of thioether (sulfide) groups is 1. The predicted octanol–water partition coefficient (Wildman–Crippen LogP) is 1.53. The molecule has 0 aromatic heterocycles. The first-order valence-electron chi connectivity index (χ1n) is 4.25. The molecule has 0 amide bonds. The van der Waals surface area contributed by atoms with Gasteiger partial charge in [-0.3, -0.25) is 0 Å². The van der Waals surface area contributed by atoms with E-state index < -0.39 is 0 Å². The van der Waals surface area contributed by atoms with Crippen LogP contribution in [0.15, 0.2) is 12.2 Å². The molecule has 0 heterocycles. The molecule has 2 nitrogen and oxygen atoms in total. The largest absolute Gasteiger partial charge is 0.384 e. The third-order valence-electron chi connectivity index (χ3n) is 1.36. The topological polar surface area (TPSA) is 21.3 Å². The second-order valence-corrected chi connectivity index (χ2v) is 3.68. The van der Waals surface area contributed by atoms with E-state index in [4.69, 9.17) is 4.74 Å². The fourth-order valence-corrected chi connectivity index (χ4v) is 1.53. The molecule has 0 aliphatic carbocycles. The number of rotatable bonds is 8. The Labute approximate surface area is 79.8 Å². The first kappa shape index (κ1) is 12.0. The third kappa shape index (κ3) is 8.11. The highest BCUT2D eigenvalue weighted by Gasteiger charge is 1.93. The fourth-order valence-electron chi connectivity index (χ4n) is 0.712. The van der Waals surface area contributed by atoms with Crippen molar-refractivity contribution in [2.75, 3.05) is 38.3 Å². The number of hydrogen-bond acceptors (Lipinski definition) is 3. The average molecular weight is 189 g/mol. The normalized spacial score (nSPS) is 10.2. The number of methoxy groups -OCH3 is 1. The second kappa shape index (κ2) is 9.10. The molecular formula is C9H19NOS. The Kier molecular flexibility index (Phi) is 9.11. The van der Waals surface area contributed by atoms with Gasteiger partial charge in [0.2, 0.25) is 0 Å². The van der Waals surface area contributed by atoms with E-state index in [1.807, 2.05) is 11.8 Å². The molecule has 12 heavy (non-hydrogen) atoms. The van der Waals surface area contributed by atoms with Crippen LogP contribution in [0.25, 0.3) is 0 Å². The summed E-state index contributed by atoms with van der Waals surface area (Å²) in [6.45, 7) is 8.86. The van der Waals surface area contributed by atoms with Gasteiger partial charge < -0.3 is 10.1 Å². The van der Waals surface area contributed by atoms with Gasteiger partial charge in [0.1, 0.15) is 0 Å². The molecule has 0 radical (unpaired) electrons. The molecule has 72 valence electrons. The summed E-state index contributed by atoms with van der Waals surface area (Å²) >= 11 is 1.87. The molecule has 0 rings (SSSR count).